The molecule has 1 fully saturated rings. The number of hydrogen-bond acceptors (Lipinski definition) is 6. The molecule has 0 radical (unpaired) electrons. The molecular weight excluding hydrogens is 516 g/mol. The van der Waals surface area contributed by atoms with E-state index in [-0.39, 0.29) is 11.3 Å². The highest BCUT2D eigenvalue weighted by atomic mass is 35.5. The monoisotopic (exact) mass is 540 g/mol. The van der Waals surface area contributed by atoms with Crippen LogP contribution in [0.3, 0.4) is 0 Å². The number of aliphatic hydroxyl groups excluding tert-OH is 1. The number of nitrogens with zero attached hydrogens (tertiary/aromatic N) is 2. The lowest BCUT2D eigenvalue weighted by Crippen LogP contribution is -2.29. The van der Waals surface area contributed by atoms with Crippen molar-refractivity contribution in [3.63, 3.8) is 0 Å². The van der Waals surface area contributed by atoms with Gasteiger partial charge in [0.1, 0.15) is 23.9 Å². The van der Waals surface area contributed by atoms with Crippen LogP contribution in [0, 0.1) is 0 Å². The molecule has 7 nitrogen and oxygen atoms in total. The minimum Gasteiger partial charge on any atom is -0.507 e. The minimum atomic E-state index is -0.902. The molecule has 1 aliphatic heterocycles. The predicted octanol–water partition coefficient (Wildman–Crippen LogP) is 6.34. The Hall–Kier alpha value is -4.62. The molecule has 1 amide bonds. The van der Waals surface area contributed by atoms with Gasteiger partial charge in [-0.3, -0.25) is 19.5 Å². The number of rotatable bonds is 8. The number of amides is 1. The van der Waals surface area contributed by atoms with Gasteiger partial charge in [-0.15, -0.1) is 0 Å². The fraction of sp³-hybridized carbons (Fsp3) is 0.129. The molecule has 2 heterocycles. The van der Waals surface area contributed by atoms with Crippen molar-refractivity contribution < 1.29 is 24.2 Å². The molecule has 1 aromatic heterocycles. The second-order valence-electron chi connectivity index (χ2n) is 8.80. The van der Waals surface area contributed by atoms with Crippen LogP contribution in [0.4, 0.5) is 5.69 Å². The Bertz CT molecular complexity index is 1520. The molecule has 39 heavy (non-hydrogen) atoms. The normalized spacial score (nSPS) is 16.4. The Morgan fingerprint density at radius 1 is 0.974 bits per heavy atom. The first kappa shape index (κ1) is 26.0. The summed E-state index contributed by atoms with van der Waals surface area (Å²) in [4.78, 5) is 32.3. The number of halogens is 1. The van der Waals surface area contributed by atoms with Crippen LogP contribution in [-0.2, 0) is 16.2 Å². The molecular formula is C31H25ClN2O5. The number of carbonyl (C=O) groups excluding carboxylic acids is 2. The van der Waals surface area contributed by atoms with Gasteiger partial charge in [-0.2, -0.15) is 0 Å². The molecule has 0 bridgehead atoms. The average Bonchev–Trinajstić information content (AvgIpc) is 3.24. The maximum absolute atomic E-state index is 13.4. The van der Waals surface area contributed by atoms with Gasteiger partial charge in [-0.05, 0) is 66.6 Å². The number of Topliss-reactive ketones (excluding diaryl/α,β-unsaturated/α-hetero) is 1. The highest BCUT2D eigenvalue weighted by molar-refractivity contribution is 6.51. The van der Waals surface area contributed by atoms with E-state index in [9.17, 15) is 14.7 Å². The van der Waals surface area contributed by atoms with Gasteiger partial charge in [0.2, 0.25) is 0 Å². The predicted molar refractivity (Wildman–Crippen MR) is 149 cm³/mol. The van der Waals surface area contributed by atoms with E-state index in [1.165, 1.54) is 4.90 Å². The van der Waals surface area contributed by atoms with E-state index in [4.69, 9.17) is 21.1 Å². The van der Waals surface area contributed by atoms with Crippen molar-refractivity contribution in [3.8, 4) is 11.5 Å². The molecule has 196 valence electrons. The van der Waals surface area contributed by atoms with Gasteiger partial charge in [0.05, 0.1) is 23.2 Å². The average molecular weight is 541 g/mol. The summed E-state index contributed by atoms with van der Waals surface area (Å²) in [5.74, 6) is -0.922. The zero-order valence-corrected chi connectivity index (χ0v) is 21.8. The minimum absolute atomic E-state index is 0.0535. The lowest BCUT2D eigenvalue weighted by molar-refractivity contribution is -0.132. The van der Waals surface area contributed by atoms with Gasteiger partial charge in [-0.25, -0.2) is 0 Å². The highest BCUT2D eigenvalue weighted by Gasteiger charge is 2.47. The number of ketones is 1. The van der Waals surface area contributed by atoms with Crippen molar-refractivity contribution in [2.45, 2.75) is 19.6 Å². The Kier molecular flexibility index (Phi) is 7.61. The molecule has 0 aliphatic carbocycles. The van der Waals surface area contributed by atoms with Crippen LogP contribution in [0.2, 0.25) is 5.02 Å². The molecule has 8 heteroatoms. The molecule has 0 saturated carbocycles. The number of hydrogen-bond donors (Lipinski definition) is 1. The molecule has 5 rings (SSSR count). The fourth-order valence-corrected chi connectivity index (χ4v) is 4.64. The largest absolute Gasteiger partial charge is 0.507 e. The topological polar surface area (TPSA) is 89.0 Å². The second-order valence-corrected chi connectivity index (χ2v) is 9.21. The Labute approximate surface area is 230 Å². The first-order chi connectivity index (χ1) is 19.0. The van der Waals surface area contributed by atoms with E-state index in [1.807, 2.05) is 37.3 Å². The Morgan fingerprint density at radius 3 is 2.44 bits per heavy atom. The summed E-state index contributed by atoms with van der Waals surface area (Å²) in [5, 5.41) is 11.7. The maximum Gasteiger partial charge on any atom is 0.300 e. The van der Waals surface area contributed by atoms with Gasteiger partial charge in [0.25, 0.3) is 11.7 Å². The van der Waals surface area contributed by atoms with Crippen molar-refractivity contribution in [3.05, 3.63) is 125 Å². The summed E-state index contributed by atoms with van der Waals surface area (Å²) in [7, 11) is 0. The molecule has 4 aromatic rings. The quantitative estimate of drug-likeness (QED) is 0.159. The maximum atomic E-state index is 13.4. The van der Waals surface area contributed by atoms with Crippen LogP contribution in [0.15, 0.2) is 103 Å². The van der Waals surface area contributed by atoms with E-state index in [1.54, 1.807) is 67.0 Å². The summed E-state index contributed by atoms with van der Waals surface area (Å²) >= 11 is 6.22. The fourth-order valence-electron chi connectivity index (χ4n) is 4.47. The zero-order chi connectivity index (χ0) is 27.4. The molecule has 1 atom stereocenters. The second kappa shape index (κ2) is 11.4. The number of benzene rings is 3. The highest BCUT2D eigenvalue weighted by Crippen LogP contribution is 2.43. The number of aromatic nitrogens is 1. The van der Waals surface area contributed by atoms with Crippen molar-refractivity contribution in [1.29, 1.82) is 0 Å². The molecule has 1 saturated heterocycles. The van der Waals surface area contributed by atoms with E-state index >= 15 is 0 Å². The van der Waals surface area contributed by atoms with Crippen LogP contribution < -0.4 is 14.4 Å². The van der Waals surface area contributed by atoms with Gasteiger partial charge in [0.15, 0.2) is 0 Å². The molecule has 1 N–H and O–H groups in total. The number of carbonyl (C=O) groups is 2. The summed E-state index contributed by atoms with van der Waals surface area (Å²) in [6.07, 6.45) is 3.17. The number of anilines is 1. The van der Waals surface area contributed by atoms with Crippen molar-refractivity contribution in [1.82, 2.24) is 4.98 Å². The van der Waals surface area contributed by atoms with E-state index in [0.717, 1.165) is 5.56 Å². The molecule has 3 aromatic carbocycles. The number of ether oxygens (including phenoxy) is 2. The van der Waals surface area contributed by atoms with Gasteiger partial charge in [0, 0.05) is 23.6 Å². The Morgan fingerprint density at radius 2 is 1.74 bits per heavy atom. The van der Waals surface area contributed by atoms with Crippen LogP contribution >= 0.6 is 11.6 Å². The van der Waals surface area contributed by atoms with Gasteiger partial charge >= 0.3 is 0 Å². The Balaban J connectivity index is 1.53. The number of pyridine rings is 1. The molecule has 1 unspecified atom stereocenters. The van der Waals surface area contributed by atoms with E-state index in [2.05, 4.69) is 4.98 Å². The SMILES string of the molecule is CCOc1cc(/C(O)=C2/C(=O)C(=O)N(c3ccc(OCc4ccccc4)cc3)C2c2cccnc2)ccc1Cl. The van der Waals surface area contributed by atoms with Crippen LogP contribution in [0.1, 0.15) is 29.7 Å². The molecule has 1 aliphatic rings. The smallest absolute Gasteiger partial charge is 0.300 e. The lowest BCUT2D eigenvalue weighted by Gasteiger charge is -2.25. The van der Waals surface area contributed by atoms with Crippen molar-refractivity contribution in [2.24, 2.45) is 0 Å². The van der Waals surface area contributed by atoms with Crippen LogP contribution in [0.5, 0.6) is 11.5 Å². The standard InChI is InChI=1S/C31H25ClN2O5/c1-2-38-26-17-21(10-15-25(26)32)29(35)27-28(22-9-6-16-33-18-22)34(31(37)30(27)36)23-11-13-24(14-12-23)39-19-20-7-4-3-5-8-20/h3-18,28,35H,2,19H2,1H3/b29-27-. The first-order valence-electron chi connectivity index (χ1n) is 12.4. The van der Waals surface area contributed by atoms with Crippen LogP contribution in [-0.4, -0.2) is 28.4 Å². The summed E-state index contributed by atoms with van der Waals surface area (Å²) in [5.41, 5.74) is 2.32. The summed E-state index contributed by atoms with van der Waals surface area (Å²) < 4.78 is 11.4. The third-order valence-electron chi connectivity index (χ3n) is 6.31. The third kappa shape index (κ3) is 5.35. The third-order valence-corrected chi connectivity index (χ3v) is 6.62. The van der Waals surface area contributed by atoms with Crippen LogP contribution in [0.25, 0.3) is 5.76 Å². The van der Waals surface area contributed by atoms with Gasteiger partial charge < -0.3 is 14.6 Å². The first-order valence-corrected chi connectivity index (χ1v) is 12.8. The summed E-state index contributed by atoms with van der Waals surface area (Å²) in [6.45, 7) is 2.58. The summed E-state index contributed by atoms with van der Waals surface area (Å²) in [6, 6.07) is 23.9. The van der Waals surface area contributed by atoms with E-state index < -0.39 is 17.7 Å². The van der Waals surface area contributed by atoms with Crippen molar-refractivity contribution in [2.75, 3.05) is 11.5 Å². The molecule has 0 spiro atoms. The van der Waals surface area contributed by atoms with Crippen molar-refractivity contribution >= 4 is 34.7 Å². The van der Waals surface area contributed by atoms with Gasteiger partial charge in [-0.1, -0.05) is 48.0 Å². The number of aliphatic hydroxyl groups is 1. The van der Waals surface area contributed by atoms with E-state index in [0.29, 0.717) is 46.5 Å². The zero-order valence-electron chi connectivity index (χ0n) is 21.1. The lowest BCUT2D eigenvalue weighted by atomic mass is 9.96.